The molecule has 0 aromatic heterocycles. The summed E-state index contributed by atoms with van der Waals surface area (Å²) in [7, 11) is 0. The number of benzene rings is 3. The number of rotatable bonds is 2. The van der Waals surface area contributed by atoms with Gasteiger partial charge in [-0.1, -0.05) is 23.7 Å². The van der Waals surface area contributed by atoms with Gasteiger partial charge in [0, 0.05) is 65.3 Å². The summed E-state index contributed by atoms with van der Waals surface area (Å²) in [5, 5.41) is 3.17. The van der Waals surface area contributed by atoms with Crippen molar-refractivity contribution in [3.05, 3.63) is 71.0 Å². The summed E-state index contributed by atoms with van der Waals surface area (Å²) < 4.78 is 9.11. The van der Waals surface area contributed by atoms with Crippen LogP contribution < -0.4 is 14.8 Å². The summed E-state index contributed by atoms with van der Waals surface area (Å²) >= 11 is 6.22. The zero-order valence-corrected chi connectivity index (χ0v) is 19.8. The maximum absolute atomic E-state index is 6.62. The van der Waals surface area contributed by atoms with E-state index in [1.165, 1.54) is 60.7 Å². The van der Waals surface area contributed by atoms with Crippen LogP contribution in [-0.2, 0) is 0 Å². The van der Waals surface area contributed by atoms with Gasteiger partial charge in [0.1, 0.15) is 24.4 Å². The van der Waals surface area contributed by atoms with E-state index in [1.807, 2.05) is 12.1 Å². The van der Waals surface area contributed by atoms with Gasteiger partial charge in [-0.3, -0.25) is 0 Å². The Hall–Kier alpha value is -2.78. The van der Waals surface area contributed by atoms with Crippen molar-refractivity contribution in [1.29, 1.82) is 0 Å². The number of halogens is 1. The number of anilines is 1. The molecule has 0 amide bonds. The van der Waals surface area contributed by atoms with Crippen molar-refractivity contribution < 1.29 is 4.42 Å². The molecule has 0 saturated carbocycles. The molecule has 168 valence electrons. The minimum atomic E-state index is 0.757. The Bertz CT molecular complexity index is 1320. The smallest absolute Gasteiger partial charge is 0.203 e. The fourth-order valence-corrected chi connectivity index (χ4v) is 5.62. The van der Waals surface area contributed by atoms with Crippen LogP contribution in [0.3, 0.4) is 0 Å². The lowest BCUT2D eigenvalue weighted by atomic mass is 9.93. The van der Waals surface area contributed by atoms with E-state index in [0.29, 0.717) is 0 Å². The Morgan fingerprint density at radius 3 is 2.30 bits per heavy atom. The molecule has 0 bridgehead atoms. The Morgan fingerprint density at radius 2 is 1.52 bits per heavy atom. The summed E-state index contributed by atoms with van der Waals surface area (Å²) in [5.74, 6) is 0.950. The number of fused-ring (bicyclic) bond motifs is 2. The molecule has 3 nitrogen and oxygen atoms in total. The van der Waals surface area contributed by atoms with Gasteiger partial charge in [-0.15, -0.1) is 0 Å². The first kappa shape index (κ1) is 20.8. The highest BCUT2D eigenvalue weighted by molar-refractivity contribution is 6.30. The fourth-order valence-electron chi connectivity index (χ4n) is 5.49. The van der Waals surface area contributed by atoms with Crippen LogP contribution in [0.5, 0.6) is 0 Å². The SMILES string of the molecule is Clc1ccc(-c2c3ccc(=[N+]4CCCCC4)cc-3oc3cc(N4CCCCC4)ccc23)cc1. The maximum atomic E-state index is 6.62. The molecule has 2 fully saturated rings. The van der Waals surface area contributed by atoms with Gasteiger partial charge < -0.3 is 9.32 Å². The molecule has 3 heterocycles. The minimum Gasteiger partial charge on any atom is -0.456 e. The first-order valence-corrected chi connectivity index (χ1v) is 12.7. The van der Waals surface area contributed by atoms with E-state index in [1.54, 1.807) is 0 Å². The topological polar surface area (TPSA) is 19.4 Å². The second-order valence-electron chi connectivity index (χ2n) is 9.44. The Morgan fingerprint density at radius 1 is 0.758 bits per heavy atom. The van der Waals surface area contributed by atoms with Crippen LogP contribution in [0.2, 0.25) is 5.02 Å². The molecule has 0 radical (unpaired) electrons. The standard InChI is InChI=1S/C29H30ClN2O/c30-22-9-7-21(8-10-22)29-25-13-11-23(31-15-3-1-4-16-31)19-27(25)33-28-20-24(12-14-26(28)29)32-17-5-2-6-18-32/h7-14,19-20H,1-6,15-18H2/q+1. The second kappa shape index (κ2) is 8.87. The highest BCUT2D eigenvalue weighted by Gasteiger charge is 2.21. The van der Waals surface area contributed by atoms with Crippen LogP contribution >= 0.6 is 11.6 Å². The average molecular weight is 458 g/mol. The van der Waals surface area contributed by atoms with E-state index in [2.05, 4.69) is 58.0 Å². The lowest BCUT2D eigenvalue weighted by Gasteiger charge is -2.29. The van der Waals surface area contributed by atoms with Crippen LogP contribution in [0.1, 0.15) is 38.5 Å². The fraction of sp³-hybridized carbons (Fsp3) is 0.345. The van der Waals surface area contributed by atoms with Crippen LogP contribution in [0, 0.1) is 0 Å². The summed E-state index contributed by atoms with van der Waals surface area (Å²) in [6.45, 7) is 4.51. The van der Waals surface area contributed by atoms with Crippen molar-refractivity contribution in [2.24, 2.45) is 0 Å². The Balaban J connectivity index is 1.59. The molecule has 0 atom stereocenters. The number of nitrogens with zero attached hydrogens (tertiary/aromatic N) is 2. The van der Waals surface area contributed by atoms with Gasteiger partial charge in [-0.05, 0) is 61.6 Å². The quantitative estimate of drug-likeness (QED) is 0.243. The zero-order valence-electron chi connectivity index (χ0n) is 19.0. The zero-order chi connectivity index (χ0) is 22.2. The van der Waals surface area contributed by atoms with E-state index < -0.39 is 0 Å². The van der Waals surface area contributed by atoms with Crippen LogP contribution in [0.25, 0.3) is 33.4 Å². The van der Waals surface area contributed by atoms with Crippen LogP contribution in [0.15, 0.2) is 65.1 Å². The third-order valence-corrected chi connectivity index (χ3v) is 7.52. The summed E-state index contributed by atoms with van der Waals surface area (Å²) in [6, 6.07) is 21.7. The molecule has 2 aromatic rings. The van der Waals surface area contributed by atoms with Crippen molar-refractivity contribution >= 4 is 28.3 Å². The molecule has 2 aromatic carbocycles. The molecule has 2 saturated heterocycles. The lowest BCUT2D eigenvalue weighted by molar-refractivity contribution is 0.451. The molecule has 3 aliphatic heterocycles. The number of hydrogen-bond acceptors (Lipinski definition) is 2. The largest absolute Gasteiger partial charge is 0.456 e. The Labute approximate surface area is 200 Å². The highest BCUT2D eigenvalue weighted by Crippen LogP contribution is 2.41. The van der Waals surface area contributed by atoms with Gasteiger partial charge in [-0.25, -0.2) is 4.58 Å². The van der Waals surface area contributed by atoms with Crippen LogP contribution in [-0.4, -0.2) is 26.2 Å². The first-order chi connectivity index (χ1) is 16.3. The van der Waals surface area contributed by atoms with E-state index in [4.69, 9.17) is 16.0 Å². The number of piperidine rings is 2. The van der Waals surface area contributed by atoms with Crippen LogP contribution in [0.4, 0.5) is 5.69 Å². The lowest BCUT2D eigenvalue weighted by Crippen LogP contribution is -2.34. The Kier molecular flexibility index (Phi) is 5.59. The van der Waals surface area contributed by atoms with Gasteiger partial charge in [0.05, 0.1) is 6.07 Å². The minimum absolute atomic E-state index is 0.757. The second-order valence-corrected chi connectivity index (χ2v) is 9.88. The first-order valence-electron chi connectivity index (χ1n) is 12.4. The van der Waals surface area contributed by atoms with Gasteiger partial charge in [0.15, 0.2) is 0 Å². The number of hydrogen-bond donors (Lipinski definition) is 0. The van der Waals surface area contributed by atoms with Crippen molar-refractivity contribution in [3.63, 3.8) is 0 Å². The summed E-state index contributed by atoms with van der Waals surface area (Å²) in [5.41, 5.74) is 5.75. The highest BCUT2D eigenvalue weighted by atomic mass is 35.5. The molecule has 6 rings (SSSR count). The third kappa shape index (κ3) is 4.04. The van der Waals surface area contributed by atoms with E-state index in [9.17, 15) is 0 Å². The van der Waals surface area contributed by atoms with Crippen molar-refractivity contribution in [2.45, 2.75) is 38.5 Å². The molecule has 33 heavy (non-hydrogen) atoms. The van der Waals surface area contributed by atoms with Gasteiger partial charge in [0.2, 0.25) is 5.36 Å². The van der Waals surface area contributed by atoms with E-state index in [-0.39, 0.29) is 0 Å². The summed E-state index contributed by atoms with van der Waals surface area (Å²) in [6.07, 6.45) is 7.73. The summed E-state index contributed by atoms with van der Waals surface area (Å²) in [4.78, 5) is 2.49. The molecule has 4 heteroatoms. The molecule has 0 spiro atoms. The average Bonchev–Trinajstić information content (AvgIpc) is 2.88. The maximum Gasteiger partial charge on any atom is 0.203 e. The van der Waals surface area contributed by atoms with Gasteiger partial charge >= 0.3 is 0 Å². The predicted octanol–water partition coefficient (Wildman–Crippen LogP) is 6.80. The van der Waals surface area contributed by atoms with Gasteiger partial charge in [0.25, 0.3) is 0 Å². The van der Waals surface area contributed by atoms with Crippen molar-refractivity contribution in [1.82, 2.24) is 4.58 Å². The monoisotopic (exact) mass is 457 g/mol. The van der Waals surface area contributed by atoms with Crippen molar-refractivity contribution in [2.75, 3.05) is 31.1 Å². The molecular formula is C29H30ClN2O+. The molecule has 4 aliphatic rings. The molecular weight excluding hydrogens is 428 g/mol. The van der Waals surface area contributed by atoms with Crippen molar-refractivity contribution in [3.8, 4) is 22.5 Å². The molecule has 0 N–H and O–H groups in total. The molecule has 1 aliphatic carbocycles. The molecule has 0 unspecified atom stereocenters. The normalized spacial score (nSPS) is 17.1. The predicted molar refractivity (Wildman–Crippen MR) is 138 cm³/mol. The third-order valence-electron chi connectivity index (χ3n) is 7.26. The van der Waals surface area contributed by atoms with E-state index in [0.717, 1.165) is 53.5 Å². The van der Waals surface area contributed by atoms with E-state index >= 15 is 0 Å². The van der Waals surface area contributed by atoms with Gasteiger partial charge in [-0.2, -0.15) is 0 Å².